The van der Waals surface area contributed by atoms with E-state index in [9.17, 15) is 4.79 Å². The molecule has 0 bridgehead atoms. The molecule has 1 aliphatic heterocycles. The van der Waals surface area contributed by atoms with Gasteiger partial charge in [0.1, 0.15) is 0 Å². The zero-order valence-electron chi connectivity index (χ0n) is 9.24. The Morgan fingerprint density at radius 3 is 2.80 bits per heavy atom. The van der Waals surface area contributed by atoms with Crippen LogP contribution in [0.2, 0.25) is 0 Å². The minimum atomic E-state index is 0.0887. The Labute approximate surface area is 96.8 Å². The molecule has 0 aromatic carbocycles. The molecule has 0 aromatic rings. The lowest BCUT2D eigenvalue weighted by Crippen LogP contribution is -2.46. The van der Waals surface area contributed by atoms with Crippen LogP contribution in [-0.4, -0.2) is 55.4 Å². The molecule has 1 fully saturated rings. The van der Waals surface area contributed by atoms with Gasteiger partial charge in [0.2, 0.25) is 5.91 Å². The summed E-state index contributed by atoms with van der Waals surface area (Å²) in [5, 5.41) is 2.96. The Bertz CT molecular complexity index is 196. The molecule has 5 heteroatoms. The minimum absolute atomic E-state index is 0.0887. The number of amides is 1. The number of carbonyl (C=O) groups excluding carboxylic acids is 1. The van der Waals surface area contributed by atoms with Crippen LogP contribution in [-0.2, 0) is 9.53 Å². The van der Waals surface area contributed by atoms with Crippen molar-refractivity contribution in [1.29, 1.82) is 0 Å². The summed E-state index contributed by atoms with van der Waals surface area (Å²) in [7, 11) is 0. The van der Waals surface area contributed by atoms with E-state index < -0.39 is 0 Å². The lowest BCUT2D eigenvalue weighted by molar-refractivity contribution is -0.121. The summed E-state index contributed by atoms with van der Waals surface area (Å²) in [6.07, 6.45) is 0.497. The topological polar surface area (TPSA) is 41.6 Å². The summed E-state index contributed by atoms with van der Waals surface area (Å²) >= 11 is 4.03. The maximum atomic E-state index is 11.3. The highest BCUT2D eigenvalue weighted by Crippen LogP contribution is 1.98. The smallest absolute Gasteiger partial charge is 0.221 e. The van der Waals surface area contributed by atoms with Crippen molar-refractivity contribution in [1.82, 2.24) is 10.2 Å². The largest absolute Gasteiger partial charge is 0.379 e. The van der Waals surface area contributed by atoms with Crippen molar-refractivity contribution in [3.63, 3.8) is 0 Å². The van der Waals surface area contributed by atoms with Crippen LogP contribution in [0.25, 0.3) is 0 Å². The fourth-order valence-corrected chi connectivity index (χ4v) is 1.87. The zero-order valence-corrected chi connectivity index (χ0v) is 10.1. The van der Waals surface area contributed by atoms with Gasteiger partial charge in [0, 0.05) is 32.1 Å². The summed E-state index contributed by atoms with van der Waals surface area (Å²) in [6.45, 7) is 6.47. The third kappa shape index (κ3) is 5.39. The van der Waals surface area contributed by atoms with E-state index in [0.717, 1.165) is 32.8 Å². The monoisotopic (exact) mass is 232 g/mol. The maximum absolute atomic E-state index is 11.3. The first-order chi connectivity index (χ1) is 7.22. The van der Waals surface area contributed by atoms with Crippen LogP contribution in [0.4, 0.5) is 0 Å². The predicted molar refractivity (Wildman–Crippen MR) is 63.3 cm³/mol. The number of rotatable bonds is 5. The van der Waals surface area contributed by atoms with Gasteiger partial charge in [-0.05, 0) is 12.7 Å². The van der Waals surface area contributed by atoms with Gasteiger partial charge in [-0.2, -0.15) is 12.6 Å². The summed E-state index contributed by atoms with van der Waals surface area (Å²) in [4.78, 5) is 13.6. The van der Waals surface area contributed by atoms with Gasteiger partial charge in [-0.3, -0.25) is 9.69 Å². The molecule has 0 spiro atoms. The summed E-state index contributed by atoms with van der Waals surface area (Å²) in [5.74, 6) is 0.696. The molecule has 15 heavy (non-hydrogen) atoms. The number of morpholine rings is 1. The number of thiol groups is 1. The Morgan fingerprint density at radius 2 is 2.20 bits per heavy atom. The van der Waals surface area contributed by atoms with Crippen molar-refractivity contribution in [2.45, 2.75) is 19.4 Å². The van der Waals surface area contributed by atoms with Crippen molar-refractivity contribution in [2.24, 2.45) is 0 Å². The normalized spacial score (nSPS) is 19.9. The van der Waals surface area contributed by atoms with Crippen molar-refractivity contribution in [2.75, 3.05) is 38.6 Å². The van der Waals surface area contributed by atoms with Gasteiger partial charge >= 0.3 is 0 Å². The molecule has 0 radical (unpaired) electrons. The van der Waals surface area contributed by atoms with Crippen LogP contribution in [0.5, 0.6) is 0 Å². The number of carbonyl (C=O) groups is 1. The second-order valence-corrected chi connectivity index (χ2v) is 4.30. The first-order valence-electron chi connectivity index (χ1n) is 5.42. The second kappa shape index (κ2) is 7.09. The van der Waals surface area contributed by atoms with E-state index in [-0.39, 0.29) is 11.9 Å². The second-order valence-electron chi connectivity index (χ2n) is 3.86. The molecule has 1 aliphatic rings. The molecule has 0 saturated carbocycles. The molecule has 0 aliphatic carbocycles. The van der Waals surface area contributed by atoms with Crippen LogP contribution >= 0.6 is 12.6 Å². The Hall–Kier alpha value is -0.260. The molecule has 1 saturated heterocycles. The van der Waals surface area contributed by atoms with E-state index in [4.69, 9.17) is 4.74 Å². The first kappa shape index (κ1) is 12.8. The van der Waals surface area contributed by atoms with Gasteiger partial charge in [-0.1, -0.05) is 0 Å². The van der Waals surface area contributed by atoms with E-state index in [1.54, 1.807) is 0 Å². The van der Waals surface area contributed by atoms with Crippen molar-refractivity contribution >= 4 is 18.5 Å². The fourth-order valence-electron chi connectivity index (χ4n) is 1.67. The zero-order chi connectivity index (χ0) is 11.1. The minimum Gasteiger partial charge on any atom is -0.379 e. The highest BCUT2D eigenvalue weighted by Gasteiger charge is 2.14. The van der Waals surface area contributed by atoms with Crippen molar-refractivity contribution in [3.8, 4) is 0 Å². The van der Waals surface area contributed by atoms with Crippen molar-refractivity contribution in [3.05, 3.63) is 0 Å². The third-order valence-electron chi connectivity index (χ3n) is 2.38. The molecule has 1 N–H and O–H groups in total. The standard InChI is InChI=1S/C10H20N2O2S/c1-9(11-10(13)2-7-15)8-12-3-5-14-6-4-12/h9,15H,2-8H2,1H3,(H,11,13). The molecule has 1 atom stereocenters. The van der Waals surface area contributed by atoms with Gasteiger partial charge in [0.05, 0.1) is 13.2 Å². The number of ether oxygens (including phenoxy) is 1. The first-order valence-corrected chi connectivity index (χ1v) is 6.06. The van der Waals surface area contributed by atoms with Gasteiger partial charge in [0.15, 0.2) is 0 Å². The summed E-state index contributed by atoms with van der Waals surface area (Å²) in [6, 6.07) is 0.204. The SMILES string of the molecule is CC(CN1CCOCC1)NC(=O)CCS. The molecule has 4 nitrogen and oxygen atoms in total. The Balaban J connectivity index is 2.16. The molecular formula is C10H20N2O2S. The number of hydrogen-bond acceptors (Lipinski definition) is 4. The van der Waals surface area contributed by atoms with E-state index in [0.29, 0.717) is 12.2 Å². The van der Waals surface area contributed by atoms with Gasteiger partial charge < -0.3 is 10.1 Å². The Morgan fingerprint density at radius 1 is 1.53 bits per heavy atom. The third-order valence-corrected chi connectivity index (χ3v) is 2.61. The molecule has 88 valence electrons. The quantitative estimate of drug-likeness (QED) is 0.663. The van der Waals surface area contributed by atoms with E-state index in [1.165, 1.54) is 0 Å². The molecular weight excluding hydrogens is 212 g/mol. The van der Waals surface area contributed by atoms with Crippen LogP contribution in [0, 0.1) is 0 Å². The summed E-state index contributed by atoms with van der Waals surface area (Å²) < 4.78 is 5.26. The van der Waals surface area contributed by atoms with Crippen LogP contribution in [0.1, 0.15) is 13.3 Å². The lowest BCUT2D eigenvalue weighted by atomic mass is 10.2. The predicted octanol–water partition coefficient (Wildman–Crippen LogP) is 0.143. The Kier molecular flexibility index (Phi) is 6.05. The van der Waals surface area contributed by atoms with Gasteiger partial charge in [-0.15, -0.1) is 0 Å². The number of nitrogens with zero attached hydrogens (tertiary/aromatic N) is 1. The van der Waals surface area contributed by atoms with Crippen LogP contribution in [0.3, 0.4) is 0 Å². The van der Waals surface area contributed by atoms with Gasteiger partial charge in [-0.25, -0.2) is 0 Å². The van der Waals surface area contributed by atoms with Gasteiger partial charge in [0.25, 0.3) is 0 Å². The molecule has 1 rings (SSSR count). The van der Waals surface area contributed by atoms with Crippen molar-refractivity contribution < 1.29 is 9.53 Å². The van der Waals surface area contributed by atoms with Crippen LogP contribution in [0.15, 0.2) is 0 Å². The fraction of sp³-hybridized carbons (Fsp3) is 0.900. The molecule has 1 heterocycles. The maximum Gasteiger partial charge on any atom is 0.221 e. The van der Waals surface area contributed by atoms with E-state index in [2.05, 4.69) is 22.8 Å². The van der Waals surface area contributed by atoms with E-state index >= 15 is 0 Å². The average Bonchev–Trinajstić information content (AvgIpc) is 2.19. The summed E-state index contributed by atoms with van der Waals surface area (Å²) in [5.41, 5.74) is 0. The highest BCUT2D eigenvalue weighted by molar-refractivity contribution is 7.80. The average molecular weight is 232 g/mol. The molecule has 1 unspecified atom stereocenters. The lowest BCUT2D eigenvalue weighted by Gasteiger charge is -2.29. The highest BCUT2D eigenvalue weighted by atomic mass is 32.1. The number of nitrogens with one attached hydrogen (secondary N) is 1. The van der Waals surface area contributed by atoms with Crippen LogP contribution < -0.4 is 5.32 Å². The van der Waals surface area contributed by atoms with E-state index in [1.807, 2.05) is 6.92 Å². The number of hydrogen-bond donors (Lipinski definition) is 2. The molecule has 0 aromatic heterocycles. The molecule has 1 amide bonds.